The minimum Gasteiger partial charge on any atom is -0.354 e. The lowest BCUT2D eigenvalue weighted by atomic mass is 10.3. The summed E-state index contributed by atoms with van der Waals surface area (Å²) in [6.07, 6.45) is 2.52. The van der Waals surface area contributed by atoms with Gasteiger partial charge in [-0.15, -0.1) is 0 Å². The SMILES string of the molecule is CC(C)n1cnc2c(Nc3cccc(Cl)c3)nc(NCCCCOC(O)(P=O)P(=O)(O)O)nc21. The van der Waals surface area contributed by atoms with E-state index in [1.165, 1.54) is 0 Å². The monoisotopic (exact) mass is 530 g/mol. The molecular formula is C19H25ClN6O6P2. The molecule has 0 saturated carbocycles. The lowest BCUT2D eigenvalue weighted by Gasteiger charge is -2.21. The Labute approximate surface area is 202 Å². The summed E-state index contributed by atoms with van der Waals surface area (Å²) in [5.74, 6) is 0.851. The normalized spacial score (nSPS) is 14.0. The van der Waals surface area contributed by atoms with Crippen molar-refractivity contribution < 1.29 is 28.8 Å². The highest BCUT2D eigenvalue weighted by atomic mass is 35.5. The Bertz CT molecular complexity index is 1210. The lowest BCUT2D eigenvalue weighted by molar-refractivity contribution is -0.0884. The number of aliphatic hydroxyl groups is 1. The van der Waals surface area contributed by atoms with Gasteiger partial charge in [-0.3, -0.25) is 9.13 Å². The molecule has 15 heteroatoms. The first kappa shape index (κ1) is 26.4. The number of unbranched alkanes of at least 4 members (excludes halogenated alkanes) is 1. The molecule has 5 N–H and O–H groups in total. The molecule has 2 aromatic heterocycles. The van der Waals surface area contributed by atoms with Crippen LogP contribution in [0, 0.1) is 0 Å². The van der Waals surface area contributed by atoms with Crippen LogP contribution in [0.1, 0.15) is 32.7 Å². The summed E-state index contributed by atoms with van der Waals surface area (Å²) in [7, 11) is -6.32. The summed E-state index contributed by atoms with van der Waals surface area (Å²) in [6, 6.07) is 7.33. The maximum Gasteiger partial charge on any atom is 0.397 e. The van der Waals surface area contributed by atoms with Crippen LogP contribution in [-0.4, -0.2) is 52.8 Å². The van der Waals surface area contributed by atoms with E-state index in [1.54, 1.807) is 18.5 Å². The second-order valence-electron chi connectivity index (χ2n) is 7.64. The molecule has 0 aliphatic carbocycles. The smallest absolute Gasteiger partial charge is 0.354 e. The molecule has 0 amide bonds. The average molecular weight is 531 g/mol. The molecule has 3 rings (SSSR count). The fourth-order valence-corrected chi connectivity index (χ4v) is 3.98. The maximum atomic E-state index is 11.2. The van der Waals surface area contributed by atoms with Gasteiger partial charge in [-0.1, -0.05) is 17.7 Å². The maximum absolute atomic E-state index is 11.2. The van der Waals surface area contributed by atoms with E-state index in [1.807, 2.05) is 30.5 Å². The van der Waals surface area contributed by atoms with Crippen LogP contribution in [0.2, 0.25) is 5.02 Å². The second kappa shape index (κ2) is 11.0. The summed E-state index contributed by atoms with van der Waals surface area (Å²) in [5, 5.41) is 13.5. The number of ether oxygens (including phenoxy) is 1. The standard InChI is InChI=1S/C19H25ClN6O6P2/c1-12(2)26-11-22-15-16(23-14-7-5-6-13(20)10-14)24-18(25-17(15)26)21-8-3-4-9-32-19(27,33-28)34(29,30)31/h5-7,10-12,27H,3-4,8-9H2,1-2H3,(H2,29,30,31)(H2,21,23,24,25). The highest BCUT2D eigenvalue weighted by Gasteiger charge is 2.48. The zero-order chi connectivity index (χ0) is 24.9. The number of fused-ring (bicyclic) bond motifs is 1. The van der Waals surface area contributed by atoms with Gasteiger partial charge < -0.3 is 34.8 Å². The molecule has 12 nitrogen and oxygen atoms in total. The Morgan fingerprint density at radius 1 is 1.29 bits per heavy atom. The number of aromatic nitrogens is 4. The van der Waals surface area contributed by atoms with Gasteiger partial charge in [-0.25, -0.2) is 4.98 Å². The Morgan fingerprint density at radius 3 is 2.71 bits per heavy atom. The number of rotatable bonds is 12. The summed E-state index contributed by atoms with van der Waals surface area (Å²) < 4.78 is 28.8. The topological polar surface area (TPSA) is 172 Å². The van der Waals surface area contributed by atoms with E-state index in [-0.39, 0.29) is 12.6 Å². The number of anilines is 3. The molecule has 34 heavy (non-hydrogen) atoms. The Hall–Kier alpha value is -2.17. The molecule has 0 bridgehead atoms. The van der Waals surface area contributed by atoms with E-state index in [0.717, 1.165) is 5.69 Å². The van der Waals surface area contributed by atoms with Gasteiger partial charge >= 0.3 is 12.9 Å². The van der Waals surface area contributed by atoms with Crippen molar-refractivity contribution in [3.05, 3.63) is 35.6 Å². The third-order valence-electron chi connectivity index (χ3n) is 4.71. The predicted octanol–water partition coefficient (Wildman–Crippen LogP) is 4.09. The highest BCUT2D eigenvalue weighted by Crippen LogP contribution is 2.55. The first-order valence-electron chi connectivity index (χ1n) is 10.3. The molecule has 2 heterocycles. The number of imidazole rings is 1. The molecule has 1 atom stereocenters. The summed E-state index contributed by atoms with van der Waals surface area (Å²) in [5.41, 5.74) is 1.98. The third-order valence-corrected chi connectivity index (χ3v) is 7.23. The van der Waals surface area contributed by atoms with Gasteiger partial charge in [0.25, 0.3) is 0 Å². The molecule has 0 aliphatic heterocycles. The summed E-state index contributed by atoms with van der Waals surface area (Å²) >= 11 is 6.09. The van der Waals surface area contributed by atoms with Crippen LogP contribution in [0.25, 0.3) is 11.2 Å². The van der Waals surface area contributed by atoms with E-state index in [0.29, 0.717) is 47.3 Å². The molecule has 0 spiro atoms. The number of nitrogens with zero attached hydrogens (tertiary/aromatic N) is 4. The number of nitrogens with one attached hydrogen (secondary N) is 2. The van der Waals surface area contributed by atoms with Gasteiger partial charge in [0.05, 0.1) is 12.9 Å². The largest absolute Gasteiger partial charge is 0.397 e. The molecule has 0 aliphatic rings. The summed E-state index contributed by atoms with van der Waals surface area (Å²) in [4.78, 5) is 31.7. The van der Waals surface area contributed by atoms with E-state index in [4.69, 9.17) is 26.1 Å². The van der Waals surface area contributed by atoms with E-state index < -0.39 is 21.3 Å². The molecule has 0 fully saturated rings. The van der Waals surface area contributed by atoms with Crippen LogP contribution in [0.5, 0.6) is 0 Å². The Balaban J connectivity index is 1.69. The summed E-state index contributed by atoms with van der Waals surface area (Å²) in [6.45, 7) is 4.23. The first-order chi connectivity index (χ1) is 16.0. The molecular weight excluding hydrogens is 506 g/mol. The Morgan fingerprint density at radius 2 is 2.06 bits per heavy atom. The van der Waals surface area contributed by atoms with Gasteiger partial charge in [0.2, 0.25) is 14.4 Å². The second-order valence-corrected chi connectivity index (χ2v) is 10.9. The third kappa shape index (κ3) is 6.28. The molecule has 1 aromatic carbocycles. The van der Waals surface area contributed by atoms with Gasteiger partial charge in [0, 0.05) is 23.3 Å². The predicted molar refractivity (Wildman–Crippen MR) is 129 cm³/mol. The van der Waals surface area contributed by atoms with Crippen LogP contribution in [0.15, 0.2) is 30.6 Å². The van der Waals surface area contributed by atoms with Crippen molar-refractivity contribution in [2.75, 3.05) is 23.8 Å². The minimum atomic E-state index is -5.11. The number of hydrogen-bond acceptors (Lipinski definition) is 9. The van der Waals surface area contributed by atoms with Crippen molar-refractivity contribution in [3.63, 3.8) is 0 Å². The molecule has 3 aromatic rings. The van der Waals surface area contributed by atoms with Gasteiger partial charge in [-0.05, 0) is 44.9 Å². The molecule has 1 unspecified atom stereocenters. The average Bonchev–Trinajstić information content (AvgIpc) is 3.20. The lowest BCUT2D eigenvalue weighted by Crippen LogP contribution is -2.25. The van der Waals surface area contributed by atoms with Gasteiger partial charge in [0.1, 0.15) is 0 Å². The van der Waals surface area contributed by atoms with Crippen molar-refractivity contribution in [2.45, 2.75) is 38.0 Å². The zero-order valence-corrected chi connectivity index (χ0v) is 21.0. The first-order valence-corrected chi connectivity index (χ1v) is 13.1. The fourth-order valence-electron chi connectivity index (χ4n) is 2.96. The molecule has 0 saturated heterocycles. The highest BCUT2D eigenvalue weighted by molar-refractivity contribution is 7.62. The molecule has 184 valence electrons. The Kier molecular flexibility index (Phi) is 8.59. The van der Waals surface area contributed by atoms with Crippen LogP contribution in [0.4, 0.5) is 17.5 Å². The van der Waals surface area contributed by atoms with Crippen molar-refractivity contribution in [2.24, 2.45) is 0 Å². The van der Waals surface area contributed by atoms with E-state index in [9.17, 15) is 14.2 Å². The minimum absolute atomic E-state index is 0.122. The van der Waals surface area contributed by atoms with Crippen molar-refractivity contribution in [1.82, 2.24) is 19.5 Å². The molecule has 0 radical (unpaired) electrons. The van der Waals surface area contributed by atoms with Crippen LogP contribution in [0.3, 0.4) is 0 Å². The number of hydrogen-bond donors (Lipinski definition) is 5. The van der Waals surface area contributed by atoms with Crippen molar-refractivity contribution in [3.8, 4) is 0 Å². The van der Waals surface area contributed by atoms with E-state index >= 15 is 0 Å². The zero-order valence-electron chi connectivity index (χ0n) is 18.4. The fraction of sp³-hybridized carbons (Fsp3) is 0.421. The van der Waals surface area contributed by atoms with Crippen LogP contribution < -0.4 is 10.6 Å². The quantitative estimate of drug-likeness (QED) is 0.130. The van der Waals surface area contributed by atoms with Gasteiger partial charge in [0.15, 0.2) is 17.0 Å². The number of halogens is 1. The van der Waals surface area contributed by atoms with Crippen LogP contribution in [-0.2, 0) is 13.9 Å². The van der Waals surface area contributed by atoms with Crippen molar-refractivity contribution >= 4 is 56.3 Å². The van der Waals surface area contributed by atoms with E-state index in [2.05, 4.69) is 25.6 Å². The van der Waals surface area contributed by atoms with Crippen LogP contribution >= 0.6 is 27.7 Å². The van der Waals surface area contributed by atoms with Crippen molar-refractivity contribution in [1.29, 1.82) is 0 Å². The van der Waals surface area contributed by atoms with Gasteiger partial charge in [-0.2, -0.15) is 9.97 Å². The number of benzene rings is 1.